The van der Waals surface area contributed by atoms with Gasteiger partial charge in [0.15, 0.2) is 0 Å². The molecular weight excluding hydrogens is 599 g/mol. The Kier molecular flexibility index (Phi) is 28.6. The van der Waals surface area contributed by atoms with Crippen molar-refractivity contribution >= 4 is 13.7 Å². The second kappa shape index (κ2) is 29.6. The molecule has 0 spiro atoms. The number of unbranched alkanes of at least 4 members (excludes halogenated alkanes) is 12. The van der Waals surface area contributed by atoms with Gasteiger partial charge >= 0.3 is 7.82 Å². The van der Waals surface area contributed by atoms with Gasteiger partial charge in [0.1, 0.15) is 13.2 Å². The van der Waals surface area contributed by atoms with E-state index in [1.54, 1.807) is 6.08 Å². The molecule has 0 aromatic heterocycles. The number of allylic oxidation sites excluding steroid dienone is 7. The van der Waals surface area contributed by atoms with E-state index >= 15 is 0 Å². The van der Waals surface area contributed by atoms with Crippen LogP contribution in [0.3, 0.4) is 0 Å². The van der Waals surface area contributed by atoms with Gasteiger partial charge in [-0.1, -0.05) is 107 Å². The number of quaternary nitrogens is 1. The predicted octanol–water partition coefficient (Wildman–Crippen LogP) is 8.96. The molecule has 268 valence electrons. The van der Waals surface area contributed by atoms with E-state index in [1.807, 2.05) is 27.2 Å². The molecule has 3 N–H and O–H groups in total. The molecule has 0 saturated heterocycles. The summed E-state index contributed by atoms with van der Waals surface area (Å²) in [5, 5.41) is 13.6. The number of phosphoric ester groups is 1. The first-order valence-corrected chi connectivity index (χ1v) is 19.5. The maximum absolute atomic E-state index is 12.7. The van der Waals surface area contributed by atoms with E-state index in [0.29, 0.717) is 17.4 Å². The third-order valence-corrected chi connectivity index (χ3v) is 8.46. The van der Waals surface area contributed by atoms with Crippen LogP contribution in [0.25, 0.3) is 0 Å². The second-order valence-corrected chi connectivity index (χ2v) is 14.7. The number of hydrogen-bond acceptors (Lipinski definition) is 5. The Morgan fingerprint density at radius 2 is 1.24 bits per heavy atom. The molecule has 3 unspecified atom stereocenters. The minimum atomic E-state index is -4.34. The number of hydrogen-bond donors (Lipinski definition) is 3. The summed E-state index contributed by atoms with van der Waals surface area (Å²) in [6.07, 6.45) is 34.7. The van der Waals surface area contributed by atoms with Crippen LogP contribution >= 0.6 is 7.82 Å². The maximum atomic E-state index is 12.7. The van der Waals surface area contributed by atoms with Gasteiger partial charge in [-0.25, -0.2) is 4.57 Å². The molecule has 3 atom stereocenters. The van der Waals surface area contributed by atoms with Gasteiger partial charge in [0.2, 0.25) is 5.91 Å². The lowest BCUT2D eigenvalue weighted by Gasteiger charge is -2.25. The van der Waals surface area contributed by atoms with Gasteiger partial charge in [0.25, 0.3) is 0 Å². The monoisotopic (exact) mass is 669 g/mol. The number of aliphatic hydroxyl groups is 1. The average molecular weight is 670 g/mol. The summed E-state index contributed by atoms with van der Waals surface area (Å²) in [7, 11) is 1.52. The zero-order valence-corrected chi connectivity index (χ0v) is 30.9. The fourth-order valence-corrected chi connectivity index (χ4v) is 5.28. The topological polar surface area (TPSA) is 105 Å². The van der Waals surface area contributed by atoms with Gasteiger partial charge in [-0.3, -0.25) is 13.8 Å². The molecule has 9 heteroatoms. The van der Waals surface area contributed by atoms with E-state index < -0.39 is 20.0 Å². The molecule has 46 heavy (non-hydrogen) atoms. The van der Waals surface area contributed by atoms with Crippen molar-refractivity contribution in [2.24, 2.45) is 0 Å². The summed E-state index contributed by atoms with van der Waals surface area (Å²) in [4.78, 5) is 22.9. The number of phosphoric acid groups is 1. The molecule has 0 heterocycles. The van der Waals surface area contributed by atoms with E-state index in [9.17, 15) is 19.4 Å². The zero-order valence-electron chi connectivity index (χ0n) is 30.0. The third kappa shape index (κ3) is 31.1. The lowest BCUT2D eigenvalue weighted by molar-refractivity contribution is -0.870. The SMILES string of the molecule is CCC/C=C/CC/C=C/CC/C=C/C(O)C(COP(=O)(O)OCC[N+](C)(C)C)NC(=O)CCCCC/C=C\CCCCCCCC. The van der Waals surface area contributed by atoms with Gasteiger partial charge in [-0.05, 0) is 64.2 Å². The summed E-state index contributed by atoms with van der Waals surface area (Å²) in [5.41, 5.74) is 0. The number of rotatable bonds is 31. The molecule has 0 aromatic rings. The van der Waals surface area contributed by atoms with E-state index in [0.717, 1.165) is 64.2 Å². The van der Waals surface area contributed by atoms with E-state index in [-0.39, 0.29) is 19.1 Å². The first kappa shape index (κ1) is 44.5. The van der Waals surface area contributed by atoms with E-state index in [4.69, 9.17) is 9.05 Å². The minimum Gasteiger partial charge on any atom is -0.387 e. The second-order valence-electron chi connectivity index (χ2n) is 13.2. The van der Waals surface area contributed by atoms with Crippen LogP contribution in [0.4, 0.5) is 0 Å². The van der Waals surface area contributed by atoms with Crippen molar-refractivity contribution < 1.29 is 32.9 Å². The van der Waals surface area contributed by atoms with Crippen LogP contribution in [0.15, 0.2) is 48.6 Å². The van der Waals surface area contributed by atoms with Crippen molar-refractivity contribution in [3.05, 3.63) is 48.6 Å². The Labute approximate surface area is 282 Å². The maximum Gasteiger partial charge on any atom is 0.472 e. The summed E-state index contributed by atoms with van der Waals surface area (Å²) in [6.45, 7) is 4.65. The summed E-state index contributed by atoms with van der Waals surface area (Å²) in [5.74, 6) is -0.214. The molecule has 0 bridgehead atoms. The van der Waals surface area contributed by atoms with Crippen molar-refractivity contribution in [3.8, 4) is 0 Å². The summed E-state index contributed by atoms with van der Waals surface area (Å²) >= 11 is 0. The Morgan fingerprint density at radius 3 is 1.83 bits per heavy atom. The van der Waals surface area contributed by atoms with Crippen molar-refractivity contribution in [2.45, 2.75) is 142 Å². The largest absolute Gasteiger partial charge is 0.472 e. The predicted molar refractivity (Wildman–Crippen MR) is 194 cm³/mol. The molecule has 0 saturated carbocycles. The molecular formula is C37H70N2O6P+. The molecule has 0 aromatic carbocycles. The highest BCUT2D eigenvalue weighted by Crippen LogP contribution is 2.43. The number of aliphatic hydroxyl groups excluding tert-OH is 1. The molecule has 0 rings (SSSR count). The van der Waals surface area contributed by atoms with Crippen LogP contribution < -0.4 is 5.32 Å². The van der Waals surface area contributed by atoms with Gasteiger partial charge < -0.3 is 19.8 Å². The van der Waals surface area contributed by atoms with Crippen LogP contribution in [0, 0.1) is 0 Å². The number of likely N-dealkylation sites (N-methyl/N-ethyl adjacent to an activating group) is 1. The Morgan fingerprint density at radius 1 is 0.717 bits per heavy atom. The highest BCUT2D eigenvalue weighted by molar-refractivity contribution is 7.47. The smallest absolute Gasteiger partial charge is 0.387 e. The van der Waals surface area contributed by atoms with Crippen LogP contribution in [0.1, 0.15) is 129 Å². The molecule has 0 aliphatic carbocycles. The number of nitrogens with zero attached hydrogens (tertiary/aromatic N) is 1. The van der Waals surface area contributed by atoms with E-state index in [2.05, 4.69) is 55.6 Å². The van der Waals surface area contributed by atoms with Gasteiger partial charge in [0, 0.05) is 6.42 Å². The molecule has 0 aliphatic rings. The number of nitrogens with one attached hydrogen (secondary N) is 1. The lowest BCUT2D eigenvalue weighted by atomic mass is 10.1. The first-order valence-electron chi connectivity index (χ1n) is 18.0. The fourth-order valence-electron chi connectivity index (χ4n) is 4.54. The minimum absolute atomic E-state index is 0.0491. The highest BCUT2D eigenvalue weighted by atomic mass is 31.2. The molecule has 8 nitrogen and oxygen atoms in total. The molecule has 0 radical (unpaired) electrons. The fraction of sp³-hybridized carbons (Fsp3) is 0.757. The van der Waals surface area contributed by atoms with Crippen molar-refractivity contribution in [1.82, 2.24) is 5.32 Å². The molecule has 0 aliphatic heterocycles. The number of carbonyl (C=O) groups excluding carboxylic acids is 1. The summed E-state index contributed by atoms with van der Waals surface area (Å²) in [6, 6.07) is -0.874. The van der Waals surface area contributed by atoms with Gasteiger partial charge in [-0.2, -0.15) is 0 Å². The van der Waals surface area contributed by atoms with E-state index in [1.165, 1.54) is 44.9 Å². The molecule has 0 fully saturated rings. The Hall–Kier alpha value is -1.54. The van der Waals surface area contributed by atoms with Crippen LogP contribution in [-0.4, -0.2) is 73.4 Å². The highest BCUT2D eigenvalue weighted by Gasteiger charge is 2.27. The lowest BCUT2D eigenvalue weighted by Crippen LogP contribution is -2.45. The van der Waals surface area contributed by atoms with Gasteiger partial charge in [-0.15, -0.1) is 0 Å². The van der Waals surface area contributed by atoms with Crippen molar-refractivity contribution in [1.29, 1.82) is 0 Å². The number of amides is 1. The third-order valence-electron chi connectivity index (χ3n) is 7.48. The normalized spacial score (nSPS) is 15.4. The van der Waals surface area contributed by atoms with Crippen molar-refractivity contribution in [2.75, 3.05) is 40.9 Å². The first-order chi connectivity index (χ1) is 22.0. The van der Waals surface area contributed by atoms with Crippen molar-refractivity contribution in [3.63, 3.8) is 0 Å². The quantitative estimate of drug-likeness (QED) is 0.0295. The van der Waals surface area contributed by atoms with Gasteiger partial charge in [0.05, 0.1) is 39.9 Å². The van der Waals surface area contributed by atoms with Crippen LogP contribution in [-0.2, 0) is 18.4 Å². The van der Waals surface area contributed by atoms with Crippen LogP contribution in [0.5, 0.6) is 0 Å². The van der Waals surface area contributed by atoms with Crippen LogP contribution in [0.2, 0.25) is 0 Å². The Bertz CT molecular complexity index is 897. The average Bonchev–Trinajstić information content (AvgIpc) is 2.99. The zero-order chi connectivity index (χ0) is 34.4. The Balaban J connectivity index is 4.68. The summed E-state index contributed by atoms with van der Waals surface area (Å²) < 4.78 is 23.3. The number of carbonyl (C=O) groups is 1. The molecule has 1 amide bonds. The standard InChI is InChI=1S/C37H69N2O6P/c1-6-8-10-12-14-16-18-19-21-23-25-27-29-31-37(41)38-35(34-45-46(42,43)44-33-32-39(3,4)5)36(40)30-28-26-24-22-20-17-15-13-11-9-7-2/h11,13,19-22,28,30,35-36,40H,6-10,12,14-18,23-27,29,31-34H2,1-5H3,(H-,38,41,42,43)/p+1/b13-11+,21-19-,22-20+,30-28+.